The topological polar surface area (TPSA) is 114 Å². The molecule has 2 aromatic heterocycles. The molecule has 1 N–H and O–H groups in total. The van der Waals surface area contributed by atoms with Crippen molar-refractivity contribution in [1.82, 2.24) is 19.7 Å². The molecule has 9 nitrogen and oxygen atoms in total. The van der Waals surface area contributed by atoms with E-state index in [-0.39, 0.29) is 17.9 Å². The summed E-state index contributed by atoms with van der Waals surface area (Å²) in [4.78, 5) is 45.8. The van der Waals surface area contributed by atoms with E-state index in [4.69, 9.17) is 4.52 Å². The van der Waals surface area contributed by atoms with Crippen LogP contribution in [0.4, 0.5) is 5.69 Å². The average Bonchev–Trinajstić information content (AvgIpc) is 3.42. The first-order valence-electron chi connectivity index (χ1n) is 10.8. The highest BCUT2D eigenvalue weighted by Gasteiger charge is 2.35. The van der Waals surface area contributed by atoms with Crippen LogP contribution in [0.2, 0.25) is 0 Å². The minimum Gasteiger partial charge on any atom is -0.339 e. The quantitative estimate of drug-likeness (QED) is 0.483. The molecule has 0 unspecified atom stereocenters. The summed E-state index contributed by atoms with van der Waals surface area (Å²) in [6, 6.07) is 12.9. The summed E-state index contributed by atoms with van der Waals surface area (Å²) in [6.45, 7) is 6.17. The van der Waals surface area contributed by atoms with Crippen molar-refractivity contribution in [3.8, 4) is 11.4 Å². The minimum absolute atomic E-state index is 0.0125. The number of aromatic amines is 1. The van der Waals surface area contributed by atoms with Crippen molar-refractivity contribution in [2.75, 3.05) is 11.4 Å². The summed E-state index contributed by atoms with van der Waals surface area (Å²) < 4.78 is 6.97. The van der Waals surface area contributed by atoms with Crippen molar-refractivity contribution in [2.24, 2.45) is 0 Å². The van der Waals surface area contributed by atoms with Crippen LogP contribution in [0.1, 0.15) is 43.7 Å². The number of rotatable bonds is 4. The summed E-state index contributed by atoms with van der Waals surface area (Å²) in [6.07, 6.45) is 0.293. The van der Waals surface area contributed by atoms with Gasteiger partial charge < -0.3 is 14.4 Å². The van der Waals surface area contributed by atoms with Crippen LogP contribution in [0.15, 0.2) is 56.6 Å². The molecule has 2 aromatic carbocycles. The van der Waals surface area contributed by atoms with Crippen molar-refractivity contribution in [2.45, 2.75) is 39.2 Å². The standard InChI is InChI=1S/C24H23N5O4/c1-13(2)29-19-9-6-15(10-18(19)25-22(31)24(29)32)21-26-23(33-27-21)16-11-20(30)28(12-16)17-7-4-14(3)5-8-17/h4-10,13,16H,11-12H2,1-3H3,(H,25,31)/t16-/m1/s1. The molecule has 1 atom stereocenters. The van der Waals surface area contributed by atoms with Crippen molar-refractivity contribution < 1.29 is 9.32 Å². The fourth-order valence-corrected chi connectivity index (χ4v) is 4.26. The number of hydrogen-bond donors (Lipinski definition) is 1. The Kier molecular flexibility index (Phi) is 4.96. The van der Waals surface area contributed by atoms with Gasteiger partial charge in [-0.05, 0) is 51.1 Å². The average molecular weight is 445 g/mol. The predicted octanol–water partition coefficient (Wildman–Crippen LogP) is 3.15. The molecule has 0 radical (unpaired) electrons. The molecule has 9 heteroatoms. The van der Waals surface area contributed by atoms with Gasteiger partial charge in [0.25, 0.3) is 0 Å². The van der Waals surface area contributed by atoms with Crippen molar-refractivity contribution in [3.63, 3.8) is 0 Å². The number of nitrogens with one attached hydrogen (secondary N) is 1. The van der Waals surface area contributed by atoms with E-state index in [0.29, 0.717) is 41.3 Å². The van der Waals surface area contributed by atoms with E-state index in [1.54, 1.807) is 23.1 Å². The van der Waals surface area contributed by atoms with Crippen LogP contribution in [0.25, 0.3) is 22.4 Å². The third kappa shape index (κ3) is 3.65. The number of nitrogens with zero attached hydrogens (tertiary/aromatic N) is 4. The van der Waals surface area contributed by atoms with Gasteiger partial charge >= 0.3 is 11.1 Å². The molecular weight excluding hydrogens is 422 g/mol. The fourth-order valence-electron chi connectivity index (χ4n) is 4.26. The molecule has 1 saturated heterocycles. The van der Waals surface area contributed by atoms with Crippen LogP contribution < -0.4 is 16.0 Å². The largest absolute Gasteiger partial charge is 0.339 e. The lowest BCUT2D eigenvalue weighted by molar-refractivity contribution is -0.117. The molecular formula is C24H23N5O4. The smallest absolute Gasteiger partial charge is 0.316 e. The van der Waals surface area contributed by atoms with Crippen molar-refractivity contribution in [3.05, 3.63) is 74.6 Å². The van der Waals surface area contributed by atoms with Gasteiger partial charge in [0.15, 0.2) is 0 Å². The summed E-state index contributed by atoms with van der Waals surface area (Å²) in [5, 5.41) is 4.09. The first-order valence-corrected chi connectivity index (χ1v) is 10.8. The van der Waals surface area contributed by atoms with Crippen LogP contribution in [0.5, 0.6) is 0 Å². The Balaban J connectivity index is 1.45. The lowest BCUT2D eigenvalue weighted by Gasteiger charge is -2.16. The van der Waals surface area contributed by atoms with Crippen LogP contribution in [0.3, 0.4) is 0 Å². The highest BCUT2D eigenvalue weighted by molar-refractivity contribution is 5.96. The zero-order valence-corrected chi connectivity index (χ0v) is 18.5. The molecule has 5 rings (SSSR count). The number of aryl methyl sites for hydroxylation is 1. The Morgan fingerprint density at radius 2 is 1.85 bits per heavy atom. The second-order valence-electron chi connectivity index (χ2n) is 8.65. The van der Waals surface area contributed by atoms with Crippen LogP contribution in [-0.4, -0.2) is 32.1 Å². The molecule has 33 heavy (non-hydrogen) atoms. The third-order valence-corrected chi connectivity index (χ3v) is 5.95. The second kappa shape index (κ2) is 7.84. The number of H-pyrrole nitrogens is 1. The normalized spacial score (nSPS) is 16.3. The maximum atomic E-state index is 12.6. The predicted molar refractivity (Wildman–Crippen MR) is 123 cm³/mol. The van der Waals surface area contributed by atoms with Gasteiger partial charge in [-0.25, -0.2) is 0 Å². The minimum atomic E-state index is -0.678. The number of aromatic nitrogens is 4. The molecule has 1 amide bonds. The Hall–Kier alpha value is -4.01. The molecule has 1 fully saturated rings. The maximum absolute atomic E-state index is 12.6. The number of carbonyl (C=O) groups is 1. The Bertz CT molecular complexity index is 1480. The number of hydrogen-bond acceptors (Lipinski definition) is 6. The van der Waals surface area contributed by atoms with Crippen LogP contribution in [0, 0.1) is 6.92 Å². The summed E-state index contributed by atoms with van der Waals surface area (Å²) in [5.74, 6) is 0.565. The van der Waals surface area contributed by atoms with E-state index in [9.17, 15) is 14.4 Å². The van der Waals surface area contributed by atoms with E-state index < -0.39 is 11.1 Å². The lowest BCUT2D eigenvalue weighted by Crippen LogP contribution is -2.37. The molecule has 0 bridgehead atoms. The Morgan fingerprint density at radius 3 is 2.58 bits per heavy atom. The van der Waals surface area contributed by atoms with Crippen molar-refractivity contribution in [1.29, 1.82) is 0 Å². The number of amides is 1. The molecule has 1 aliphatic rings. The fraction of sp³-hybridized carbons (Fsp3) is 0.292. The lowest BCUT2D eigenvalue weighted by atomic mass is 10.1. The van der Waals surface area contributed by atoms with Crippen LogP contribution >= 0.6 is 0 Å². The molecule has 0 saturated carbocycles. The maximum Gasteiger partial charge on any atom is 0.316 e. The zero-order valence-electron chi connectivity index (χ0n) is 18.5. The molecule has 3 heterocycles. The summed E-state index contributed by atoms with van der Waals surface area (Å²) >= 11 is 0. The number of anilines is 1. The summed E-state index contributed by atoms with van der Waals surface area (Å²) in [5.41, 5.74) is 2.49. The highest BCUT2D eigenvalue weighted by Crippen LogP contribution is 2.32. The van der Waals surface area contributed by atoms with Crippen LogP contribution in [-0.2, 0) is 4.79 Å². The number of benzene rings is 2. The molecule has 0 spiro atoms. The monoisotopic (exact) mass is 445 g/mol. The molecule has 1 aliphatic heterocycles. The zero-order chi connectivity index (χ0) is 23.3. The Labute approximate surface area is 188 Å². The third-order valence-electron chi connectivity index (χ3n) is 5.95. The molecule has 0 aliphatic carbocycles. The van der Waals surface area contributed by atoms with Gasteiger partial charge in [-0.2, -0.15) is 4.98 Å². The molecule has 4 aromatic rings. The van der Waals surface area contributed by atoms with Crippen molar-refractivity contribution >= 4 is 22.6 Å². The van der Waals surface area contributed by atoms with Gasteiger partial charge in [0.05, 0.1) is 17.0 Å². The number of carbonyl (C=O) groups excluding carboxylic acids is 1. The first kappa shape index (κ1) is 20.9. The van der Waals surface area contributed by atoms with E-state index >= 15 is 0 Å². The van der Waals surface area contributed by atoms with Gasteiger partial charge in [0.1, 0.15) is 0 Å². The van der Waals surface area contributed by atoms with E-state index in [0.717, 1.165) is 11.3 Å². The second-order valence-corrected chi connectivity index (χ2v) is 8.65. The van der Waals surface area contributed by atoms with Gasteiger partial charge in [0.2, 0.25) is 17.6 Å². The van der Waals surface area contributed by atoms with Gasteiger partial charge in [-0.1, -0.05) is 22.9 Å². The van der Waals surface area contributed by atoms with Gasteiger partial charge in [-0.15, -0.1) is 0 Å². The number of fused-ring (bicyclic) bond motifs is 1. The Morgan fingerprint density at radius 1 is 1.09 bits per heavy atom. The SMILES string of the molecule is Cc1ccc(N2C[C@H](c3nc(-c4ccc5c(c4)[nH]c(=O)c(=O)n5C(C)C)no3)CC2=O)cc1. The van der Waals surface area contributed by atoms with Gasteiger partial charge in [0, 0.05) is 30.3 Å². The molecule has 168 valence electrons. The summed E-state index contributed by atoms with van der Waals surface area (Å²) in [7, 11) is 0. The first-order chi connectivity index (χ1) is 15.8. The van der Waals surface area contributed by atoms with Gasteiger partial charge in [-0.3, -0.25) is 19.0 Å². The van der Waals surface area contributed by atoms with E-state index in [2.05, 4.69) is 15.1 Å². The van der Waals surface area contributed by atoms with E-state index in [1.165, 1.54) is 4.57 Å². The van der Waals surface area contributed by atoms with E-state index in [1.807, 2.05) is 45.0 Å². The highest BCUT2D eigenvalue weighted by atomic mass is 16.5.